The Bertz CT molecular complexity index is 1600. The van der Waals surface area contributed by atoms with E-state index in [-0.39, 0.29) is 18.2 Å². The van der Waals surface area contributed by atoms with Crippen molar-refractivity contribution in [3.05, 3.63) is 28.4 Å². The van der Waals surface area contributed by atoms with E-state index in [1.165, 1.54) is 16.7 Å². The molecule has 0 atom stereocenters. The Hall–Kier alpha value is -3.26. The Morgan fingerprint density at radius 2 is 1.93 bits per heavy atom. The first-order chi connectivity index (χ1) is 20.0. The molecule has 2 aromatic heterocycles. The van der Waals surface area contributed by atoms with Gasteiger partial charge < -0.3 is 29.0 Å². The molecule has 1 aliphatic carbocycles. The summed E-state index contributed by atoms with van der Waals surface area (Å²) in [6, 6.07) is 3.78. The van der Waals surface area contributed by atoms with Gasteiger partial charge in [0.05, 0.1) is 6.33 Å². The van der Waals surface area contributed by atoms with E-state index in [2.05, 4.69) is 25.9 Å². The number of aryl methyl sites for hydroxylation is 1. The van der Waals surface area contributed by atoms with E-state index in [0.29, 0.717) is 66.2 Å². The monoisotopic (exact) mass is 659 g/mol. The minimum Gasteiger partial charge on any atom is -0.465 e. The predicted molar refractivity (Wildman–Crippen MR) is 158 cm³/mol. The van der Waals surface area contributed by atoms with Crippen LogP contribution >= 0.6 is 27.7 Å². The van der Waals surface area contributed by atoms with E-state index in [1.54, 1.807) is 6.33 Å². The highest BCUT2D eigenvalue weighted by molar-refractivity contribution is 9.10. The molecule has 1 saturated heterocycles. The number of ether oxygens (including phenoxy) is 2. The van der Waals surface area contributed by atoms with Gasteiger partial charge in [0, 0.05) is 34.5 Å². The van der Waals surface area contributed by atoms with Crippen LogP contribution in [0.3, 0.4) is 0 Å². The number of H-pyrrole nitrogens is 1. The van der Waals surface area contributed by atoms with Crippen molar-refractivity contribution in [3.8, 4) is 11.5 Å². The van der Waals surface area contributed by atoms with Crippen LogP contribution in [0.25, 0.3) is 11.2 Å². The van der Waals surface area contributed by atoms with Crippen LogP contribution in [-0.2, 0) is 11.3 Å². The van der Waals surface area contributed by atoms with Gasteiger partial charge >= 0.3 is 6.09 Å². The number of carbonyl (C=O) groups excluding carboxylic acids is 1. The van der Waals surface area contributed by atoms with Crippen molar-refractivity contribution < 1.29 is 24.2 Å². The first kappa shape index (κ1) is 28.8. The number of aromatic amines is 1. The van der Waals surface area contributed by atoms with Gasteiger partial charge in [-0.3, -0.25) is 15.1 Å². The number of piperidine rings is 1. The number of hydrogen-bond donors (Lipinski definition) is 3. The Kier molecular flexibility index (Phi) is 7.40. The third-order valence-corrected chi connectivity index (χ3v) is 10.1. The quantitative estimate of drug-likeness (QED) is 0.327. The van der Waals surface area contributed by atoms with Crippen molar-refractivity contribution in [1.29, 1.82) is 5.41 Å². The second kappa shape index (κ2) is 10.8. The third kappa shape index (κ3) is 5.34. The maximum atomic E-state index is 13.5. The molecule has 0 bridgehead atoms. The minimum absolute atomic E-state index is 0.0553. The highest BCUT2D eigenvalue weighted by Crippen LogP contribution is 2.47. The zero-order valence-corrected chi connectivity index (χ0v) is 26.2. The molecule has 1 aromatic carbocycles. The van der Waals surface area contributed by atoms with Gasteiger partial charge in [-0.2, -0.15) is 0 Å². The number of likely N-dealkylation sites (tertiary alicyclic amines) is 1. The molecule has 3 N–H and O–H groups in total. The van der Waals surface area contributed by atoms with Gasteiger partial charge in [0.1, 0.15) is 11.1 Å². The standard InChI is InChI=1S/C28H34BrN7O5S/c1-27(2,3)36(26(38)39)28(7-8-28)24(37)34-9-4-16(5-10-34)6-11-35-14-31-22(30)21-23(35)33-25(32-21)42-20-13-19-18(12-17(20)29)40-15-41-19/h12-14,16,30H,4-11,15H2,1-3H3,(H,32,33)(H,38,39). The fraction of sp³-hybridized carbons (Fsp3) is 0.536. The summed E-state index contributed by atoms with van der Waals surface area (Å²) >= 11 is 5.03. The molecule has 2 amide bonds. The number of amides is 2. The smallest absolute Gasteiger partial charge is 0.408 e. The average Bonchev–Trinajstić information content (AvgIpc) is 3.37. The minimum atomic E-state index is -1.04. The number of halogens is 1. The maximum Gasteiger partial charge on any atom is 0.408 e. The molecule has 3 aliphatic rings. The third-order valence-electron chi connectivity index (χ3n) is 8.22. The molecule has 42 heavy (non-hydrogen) atoms. The highest BCUT2D eigenvalue weighted by Gasteiger charge is 2.61. The lowest BCUT2D eigenvalue weighted by molar-refractivity contribution is -0.141. The van der Waals surface area contributed by atoms with E-state index in [0.717, 1.165) is 28.6 Å². The number of aromatic nitrogens is 4. The summed E-state index contributed by atoms with van der Waals surface area (Å²) < 4.78 is 13.8. The summed E-state index contributed by atoms with van der Waals surface area (Å²) in [6.45, 7) is 7.66. The van der Waals surface area contributed by atoms with Crippen LogP contribution in [0.4, 0.5) is 4.79 Å². The van der Waals surface area contributed by atoms with Gasteiger partial charge in [-0.15, -0.1) is 0 Å². The highest BCUT2D eigenvalue weighted by atomic mass is 79.9. The number of hydrogen-bond acceptors (Lipinski definition) is 8. The predicted octanol–water partition coefficient (Wildman–Crippen LogP) is 4.82. The molecule has 2 aliphatic heterocycles. The Labute approximate surface area is 255 Å². The SMILES string of the molecule is CC(C)(C)N(C(=O)O)C1(C(=O)N2CCC(CCn3cnc(=N)c4[nH]c(Sc5cc6c(cc5Br)OCO6)nc43)CC2)CC1. The summed E-state index contributed by atoms with van der Waals surface area (Å²) in [5.74, 6) is 1.74. The molecular formula is C28H34BrN7O5S. The second-order valence-corrected chi connectivity index (χ2v) is 14.0. The normalized spacial score (nSPS) is 18.0. The van der Waals surface area contributed by atoms with Crippen molar-refractivity contribution in [2.45, 2.75) is 80.5 Å². The fourth-order valence-electron chi connectivity index (χ4n) is 6.06. The van der Waals surface area contributed by atoms with Crippen molar-refractivity contribution >= 4 is 50.9 Å². The molecule has 1 saturated carbocycles. The Morgan fingerprint density at radius 3 is 2.57 bits per heavy atom. The van der Waals surface area contributed by atoms with E-state index >= 15 is 0 Å². The van der Waals surface area contributed by atoms with Gasteiger partial charge in [-0.25, -0.2) is 14.8 Å². The zero-order chi connectivity index (χ0) is 29.8. The molecule has 14 heteroatoms. The van der Waals surface area contributed by atoms with Crippen molar-refractivity contribution in [1.82, 2.24) is 29.3 Å². The number of carboxylic acid groups (broad SMARTS) is 1. The van der Waals surface area contributed by atoms with Gasteiger partial charge in [-0.1, -0.05) is 11.8 Å². The Morgan fingerprint density at radius 1 is 1.24 bits per heavy atom. The number of rotatable bonds is 7. The van der Waals surface area contributed by atoms with Crippen molar-refractivity contribution in [2.75, 3.05) is 19.9 Å². The van der Waals surface area contributed by atoms with E-state index < -0.39 is 17.2 Å². The number of nitrogens with zero attached hydrogens (tertiary/aromatic N) is 5. The summed E-state index contributed by atoms with van der Waals surface area (Å²) in [5.41, 5.74) is -0.180. The number of nitrogens with one attached hydrogen (secondary N) is 2. The topological polar surface area (TPSA) is 150 Å². The van der Waals surface area contributed by atoms with Crippen molar-refractivity contribution in [2.24, 2.45) is 5.92 Å². The van der Waals surface area contributed by atoms with Crippen molar-refractivity contribution in [3.63, 3.8) is 0 Å². The van der Waals surface area contributed by atoms with Gasteiger partial charge in [0.15, 0.2) is 27.8 Å². The molecule has 224 valence electrons. The van der Waals surface area contributed by atoms with Crippen LogP contribution in [0.1, 0.15) is 52.9 Å². The number of carbonyl (C=O) groups is 2. The molecule has 2 fully saturated rings. The largest absolute Gasteiger partial charge is 0.465 e. The first-order valence-corrected chi connectivity index (χ1v) is 15.7. The van der Waals surface area contributed by atoms with Crippen LogP contribution in [0.15, 0.2) is 33.0 Å². The molecule has 4 heterocycles. The number of fused-ring (bicyclic) bond motifs is 2. The molecular weight excluding hydrogens is 626 g/mol. The van der Waals surface area contributed by atoms with Crippen LogP contribution in [0.2, 0.25) is 0 Å². The van der Waals surface area contributed by atoms with Crippen LogP contribution in [-0.4, -0.2) is 77.4 Å². The lowest BCUT2D eigenvalue weighted by Crippen LogP contribution is -2.60. The van der Waals surface area contributed by atoms with Gasteiger partial charge in [0.2, 0.25) is 12.7 Å². The summed E-state index contributed by atoms with van der Waals surface area (Å²) in [5, 5.41) is 18.8. The number of benzene rings is 1. The van der Waals surface area contributed by atoms with Crippen LogP contribution in [0, 0.1) is 11.3 Å². The second-order valence-electron chi connectivity index (χ2n) is 12.1. The zero-order valence-electron chi connectivity index (χ0n) is 23.8. The molecule has 0 unspecified atom stereocenters. The van der Waals surface area contributed by atoms with E-state index in [1.807, 2.05) is 42.4 Å². The molecule has 0 radical (unpaired) electrons. The summed E-state index contributed by atoms with van der Waals surface area (Å²) in [7, 11) is 0. The maximum absolute atomic E-state index is 13.5. The van der Waals surface area contributed by atoms with E-state index in [4.69, 9.17) is 19.9 Å². The van der Waals surface area contributed by atoms with Gasteiger partial charge in [0.25, 0.3) is 0 Å². The fourth-order valence-corrected chi connectivity index (χ4v) is 7.44. The average molecular weight is 661 g/mol. The van der Waals surface area contributed by atoms with Crippen LogP contribution in [0.5, 0.6) is 11.5 Å². The summed E-state index contributed by atoms with van der Waals surface area (Å²) in [4.78, 5) is 42.0. The molecule has 3 aromatic rings. The lowest BCUT2D eigenvalue weighted by Gasteiger charge is -2.42. The molecule has 12 nitrogen and oxygen atoms in total. The first-order valence-electron chi connectivity index (χ1n) is 14.1. The van der Waals surface area contributed by atoms with Gasteiger partial charge in [-0.05, 0) is 86.9 Å². The lowest BCUT2D eigenvalue weighted by atomic mass is 9.92. The molecule has 0 spiro atoms. The number of imidazole rings is 1. The Balaban J connectivity index is 1.10. The summed E-state index contributed by atoms with van der Waals surface area (Å²) in [6.07, 6.45) is 4.39. The molecule has 6 rings (SSSR count). The van der Waals surface area contributed by atoms with Crippen LogP contribution < -0.4 is 15.0 Å². The van der Waals surface area contributed by atoms with E-state index in [9.17, 15) is 14.7 Å².